The Morgan fingerprint density at radius 2 is 1.57 bits per heavy atom. The lowest BCUT2D eigenvalue weighted by atomic mass is 9.88. The number of carbonyl (C=O) groups is 1. The number of amides is 1. The highest BCUT2D eigenvalue weighted by molar-refractivity contribution is 5.73. The van der Waals surface area contributed by atoms with Crippen LogP contribution in [0.4, 0.5) is 4.79 Å². The second-order valence-electron chi connectivity index (χ2n) is 7.79. The van der Waals surface area contributed by atoms with Crippen molar-refractivity contribution in [2.24, 2.45) is 0 Å². The smallest absolute Gasteiger partial charge is 0.415 e. The molecule has 0 radical (unpaired) electrons. The van der Waals surface area contributed by atoms with Crippen molar-refractivity contribution >= 4 is 12.2 Å². The van der Waals surface area contributed by atoms with Gasteiger partial charge in [-0.1, -0.05) is 60.7 Å². The third-order valence-corrected chi connectivity index (χ3v) is 5.81. The monoisotopic (exact) mass is 397 g/mol. The Morgan fingerprint density at radius 3 is 2.30 bits per heavy atom. The van der Waals surface area contributed by atoms with Crippen molar-refractivity contribution in [1.82, 2.24) is 4.90 Å². The normalized spacial score (nSPS) is 16.6. The van der Waals surface area contributed by atoms with Gasteiger partial charge in [0.2, 0.25) is 0 Å². The van der Waals surface area contributed by atoms with Crippen molar-refractivity contribution in [3.05, 3.63) is 90.5 Å². The fourth-order valence-electron chi connectivity index (χ4n) is 4.07. The average molecular weight is 397 g/mol. The molecule has 0 atom stereocenters. The van der Waals surface area contributed by atoms with Gasteiger partial charge in [0.25, 0.3) is 0 Å². The Labute approximate surface area is 176 Å². The van der Waals surface area contributed by atoms with Gasteiger partial charge in [0.05, 0.1) is 0 Å². The number of fused-ring (bicyclic) bond motifs is 1. The molecule has 30 heavy (non-hydrogen) atoms. The van der Waals surface area contributed by atoms with E-state index in [2.05, 4.69) is 42.5 Å². The molecule has 3 aromatic rings. The van der Waals surface area contributed by atoms with E-state index >= 15 is 0 Å². The SMILES string of the molecule is O=C(Oc1ccccc1)N1CCC2(C=Cc3cc(-c4ccccc4)ccc3O2)CC1. The molecule has 2 heterocycles. The van der Waals surface area contributed by atoms with Crippen LogP contribution in [-0.2, 0) is 0 Å². The zero-order valence-electron chi connectivity index (χ0n) is 16.7. The number of rotatable bonds is 2. The van der Waals surface area contributed by atoms with Gasteiger partial charge >= 0.3 is 6.09 Å². The lowest BCUT2D eigenvalue weighted by Gasteiger charge is -2.41. The number of benzene rings is 3. The molecule has 0 bridgehead atoms. The molecule has 0 aromatic heterocycles. The summed E-state index contributed by atoms with van der Waals surface area (Å²) in [5, 5.41) is 0. The van der Waals surface area contributed by atoms with Gasteiger partial charge in [0.15, 0.2) is 0 Å². The molecule has 0 unspecified atom stereocenters. The summed E-state index contributed by atoms with van der Waals surface area (Å²) in [5.74, 6) is 1.47. The summed E-state index contributed by atoms with van der Waals surface area (Å²) in [6.07, 6.45) is 5.50. The standard InChI is InChI=1S/C26H23NO3/c28-25(29-23-9-5-2-6-10-23)27-17-15-26(16-18-27)14-13-22-19-21(11-12-24(22)30-26)20-7-3-1-4-8-20/h1-14,19H,15-18H2. The van der Waals surface area contributed by atoms with Crippen molar-refractivity contribution < 1.29 is 14.3 Å². The summed E-state index contributed by atoms with van der Waals surface area (Å²) in [7, 11) is 0. The molecule has 2 aliphatic rings. The van der Waals surface area contributed by atoms with Crippen LogP contribution < -0.4 is 9.47 Å². The molecule has 150 valence electrons. The quantitative estimate of drug-likeness (QED) is 0.549. The summed E-state index contributed by atoms with van der Waals surface area (Å²) in [6, 6.07) is 25.9. The fourth-order valence-corrected chi connectivity index (χ4v) is 4.07. The first-order chi connectivity index (χ1) is 14.7. The highest BCUT2D eigenvalue weighted by Crippen LogP contribution is 2.38. The lowest BCUT2D eigenvalue weighted by molar-refractivity contribution is 0.0418. The highest BCUT2D eigenvalue weighted by Gasteiger charge is 2.38. The van der Waals surface area contributed by atoms with Crippen LogP contribution in [0.5, 0.6) is 11.5 Å². The number of para-hydroxylation sites is 1. The number of piperidine rings is 1. The van der Waals surface area contributed by atoms with E-state index in [9.17, 15) is 4.79 Å². The number of carbonyl (C=O) groups excluding carboxylic acids is 1. The summed E-state index contributed by atoms with van der Waals surface area (Å²) < 4.78 is 11.9. The molecule has 2 aliphatic heterocycles. The van der Waals surface area contributed by atoms with Crippen LogP contribution in [0.1, 0.15) is 18.4 Å². The van der Waals surface area contributed by atoms with Gasteiger partial charge in [-0.25, -0.2) is 4.79 Å². The van der Waals surface area contributed by atoms with Crippen LogP contribution >= 0.6 is 0 Å². The Hall–Kier alpha value is -3.53. The van der Waals surface area contributed by atoms with Crippen LogP contribution in [0.2, 0.25) is 0 Å². The van der Waals surface area contributed by atoms with Gasteiger partial charge in [-0.05, 0) is 41.5 Å². The molecule has 1 saturated heterocycles. The summed E-state index contributed by atoms with van der Waals surface area (Å²) in [5.41, 5.74) is 3.11. The number of hydrogen-bond acceptors (Lipinski definition) is 3. The molecule has 4 heteroatoms. The number of ether oxygens (including phenoxy) is 2. The van der Waals surface area contributed by atoms with E-state index in [4.69, 9.17) is 9.47 Å². The molecule has 0 N–H and O–H groups in total. The van der Waals surface area contributed by atoms with Crippen molar-refractivity contribution in [2.45, 2.75) is 18.4 Å². The fraction of sp³-hybridized carbons (Fsp3) is 0.192. The van der Waals surface area contributed by atoms with Gasteiger partial charge in [0, 0.05) is 31.5 Å². The zero-order valence-corrected chi connectivity index (χ0v) is 16.7. The largest absolute Gasteiger partial charge is 0.482 e. The minimum absolute atomic E-state index is 0.302. The van der Waals surface area contributed by atoms with Crippen LogP contribution in [0.25, 0.3) is 17.2 Å². The van der Waals surface area contributed by atoms with Crippen molar-refractivity contribution in [2.75, 3.05) is 13.1 Å². The summed E-state index contributed by atoms with van der Waals surface area (Å²) in [4.78, 5) is 14.2. The van der Waals surface area contributed by atoms with Gasteiger partial charge in [-0.2, -0.15) is 0 Å². The van der Waals surface area contributed by atoms with Crippen molar-refractivity contribution in [3.63, 3.8) is 0 Å². The highest BCUT2D eigenvalue weighted by atomic mass is 16.6. The molecule has 0 saturated carbocycles. The van der Waals surface area contributed by atoms with E-state index in [1.165, 1.54) is 11.1 Å². The van der Waals surface area contributed by atoms with E-state index in [1.54, 1.807) is 17.0 Å². The van der Waals surface area contributed by atoms with Crippen LogP contribution in [0, 0.1) is 0 Å². The maximum atomic E-state index is 12.5. The molecule has 1 fully saturated rings. The van der Waals surface area contributed by atoms with Crippen molar-refractivity contribution in [1.29, 1.82) is 0 Å². The van der Waals surface area contributed by atoms with Gasteiger partial charge < -0.3 is 14.4 Å². The Bertz CT molecular complexity index is 1070. The third-order valence-electron chi connectivity index (χ3n) is 5.81. The number of hydrogen-bond donors (Lipinski definition) is 0. The van der Waals surface area contributed by atoms with E-state index in [0.29, 0.717) is 18.8 Å². The molecule has 0 aliphatic carbocycles. The summed E-state index contributed by atoms with van der Waals surface area (Å²) >= 11 is 0. The first-order valence-corrected chi connectivity index (χ1v) is 10.3. The molecule has 4 nitrogen and oxygen atoms in total. The molecular formula is C26H23NO3. The molecule has 3 aromatic carbocycles. The first kappa shape index (κ1) is 18.5. The predicted molar refractivity (Wildman–Crippen MR) is 118 cm³/mol. The van der Waals surface area contributed by atoms with E-state index in [-0.39, 0.29) is 11.7 Å². The van der Waals surface area contributed by atoms with Gasteiger partial charge in [0.1, 0.15) is 17.1 Å². The Balaban J connectivity index is 1.26. The third kappa shape index (κ3) is 3.69. The molecular weight excluding hydrogens is 374 g/mol. The van der Waals surface area contributed by atoms with E-state index in [1.807, 2.05) is 36.4 Å². The zero-order chi connectivity index (χ0) is 20.4. The van der Waals surface area contributed by atoms with Crippen LogP contribution in [0.3, 0.4) is 0 Å². The Morgan fingerprint density at radius 1 is 0.867 bits per heavy atom. The minimum atomic E-state index is -0.356. The Kier molecular flexibility index (Phi) is 4.75. The maximum Gasteiger partial charge on any atom is 0.415 e. The van der Waals surface area contributed by atoms with E-state index in [0.717, 1.165) is 24.2 Å². The van der Waals surface area contributed by atoms with Crippen molar-refractivity contribution in [3.8, 4) is 22.6 Å². The van der Waals surface area contributed by atoms with E-state index < -0.39 is 0 Å². The second kappa shape index (κ2) is 7.71. The number of likely N-dealkylation sites (tertiary alicyclic amines) is 1. The number of nitrogens with zero attached hydrogens (tertiary/aromatic N) is 1. The first-order valence-electron chi connectivity index (χ1n) is 10.3. The molecule has 5 rings (SSSR count). The topological polar surface area (TPSA) is 38.8 Å². The maximum absolute atomic E-state index is 12.5. The second-order valence-corrected chi connectivity index (χ2v) is 7.79. The average Bonchev–Trinajstić information content (AvgIpc) is 2.80. The molecule has 1 spiro atoms. The van der Waals surface area contributed by atoms with Crippen LogP contribution in [0.15, 0.2) is 84.9 Å². The van der Waals surface area contributed by atoms with Crippen LogP contribution in [-0.4, -0.2) is 29.7 Å². The van der Waals surface area contributed by atoms with Gasteiger partial charge in [-0.15, -0.1) is 0 Å². The molecule has 1 amide bonds. The predicted octanol–water partition coefficient (Wildman–Crippen LogP) is 5.79. The van der Waals surface area contributed by atoms with Gasteiger partial charge in [-0.3, -0.25) is 0 Å². The summed E-state index contributed by atoms with van der Waals surface area (Å²) in [6.45, 7) is 1.21. The lowest BCUT2D eigenvalue weighted by Crippen LogP contribution is -2.50. The minimum Gasteiger partial charge on any atom is -0.482 e.